The Morgan fingerprint density at radius 2 is 2.06 bits per heavy atom. The van der Waals surface area contributed by atoms with E-state index in [1.807, 2.05) is 7.05 Å². The molecule has 0 atom stereocenters. The van der Waals surface area contributed by atoms with E-state index < -0.39 is 0 Å². The second-order valence-electron chi connectivity index (χ2n) is 4.73. The Labute approximate surface area is 101 Å². The largest absolute Gasteiger partial charge is 0.337 e. The van der Waals surface area contributed by atoms with Crippen molar-refractivity contribution < 1.29 is 4.79 Å². The van der Waals surface area contributed by atoms with Crippen LogP contribution < -0.4 is 0 Å². The first-order valence-corrected chi connectivity index (χ1v) is 5.90. The summed E-state index contributed by atoms with van der Waals surface area (Å²) in [6.45, 7) is 2.09. The Hall–Kier alpha value is -1.43. The van der Waals surface area contributed by atoms with E-state index in [4.69, 9.17) is 0 Å². The predicted molar refractivity (Wildman–Crippen MR) is 63.6 cm³/mol. The van der Waals surface area contributed by atoms with Gasteiger partial charge in [-0.05, 0) is 33.0 Å². The maximum absolute atomic E-state index is 12.1. The van der Waals surface area contributed by atoms with Crippen LogP contribution in [-0.4, -0.2) is 63.9 Å². The summed E-state index contributed by atoms with van der Waals surface area (Å²) < 4.78 is 1.55. The summed E-state index contributed by atoms with van der Waals surface area (Å²) in [5.74, 6) is -0.0346. The molecule has 2 rings (SSSR count). The minimum Gasteiger partial charge on any atom is -0.337 e. The van der Waals surface area contributed by atoms with Crippen LogP contribution in [0.2, 0.25) is 0 Å². The molecule has 2 heterocycles. The number of carbonyl (C=O) groups is 1. The number of rotatable bonds is 2. The summed E-state index contributed by atoms with van der Waals surface area (Å²) in [5.41, 5.74) is 0.425. The number of hydrogen-bond acceptors (Lipinski definition) is 4. The van der Waals surface area contributed by atoms with Crippen LogP contribution in [0.3, 0.4) is 0 Å². The van der Waals surface area contributed by atoms with Gasteiger partial charge in [0.05, 0.1) is 6.20 Å². The molecule has 94 valence electrons. The summed E-state index contributed by atoms with van der Waals surface area (Å²) in [7, 11) is 5.73. The highest BCUT2D eigenvalue weighted by molar-refractivity contribution is 5.91. The van der Waals surface area contributed by atoms with Crippen molar-refractivity contribution >= 4 is 5.91 Å². The molecule has 0 spiro atoms. The van der Waals surface area contributed by atoms with E-state index in [9.17, 15) is 4.79 Å². The number of piperidine rings is 1. The molecular formula is C11H19N5O. The molecule has 17 heavy (non-hydrogen) atoms. The minimum atomic E-state index is -0.0346. The van der Waals surface area contributed by atoms with Crippen LogP contribution in [0.5, 0.6) is 0 Å². The Morgan fingerprint density at radius 1 is 1.41 bits per heavy atom. The van der Waals surface area contributed by atoms with E-state index in [1.54, 1.807) is 22.8 Å². The molecule has 0 bridgehead atoms. The predicted octanol–water partition coefficient (Wildman–Crippen LogP) is -0.0187. The van der Waals surface area contributed by atoms with Gasteiger partial charge < -0.3 is 9.80 Å². The lowest BCUT2D eigenvalue weighted by Crippen LogP contribution is -2.44. The monoisotopic (exact) mass is 237 g/mol. The summed E-state index contributed by atoms with van der Waals surface area (Å²) >= 11 is 0. The van der Waals surface area contributed by atoms with Gasteiger partial charge in [0.15, 0.2) is 5.69 Å². The van der Waals surface area contributed by atoms with Crippen LogP contribution in [0.25, 0.3) is 0 Å². The zero-order valence-corrected chi connectivity index (χ0v) is 10.6. The lowest BCUT2D eigenvalue weighted by atomic mass is 10.0. The Morgan fingerprint density at radius 3 is 2.59 bits per heavy atom. The van der Waals surface area contributed by atoms with E-state index in [0.29, 0.717) is 11.7 Å². The van der Waals surface area contributed by atoms with Crippen molar-refractivity contribution in [3.8, 4) is 0 Å². The van der Waals surface area contributed by atoms with E-state index in [1.165, 1.54) is 0 Å². The molecule has 0 unspecified atom stereocenters. The highest BCUT2D eigenvalue weighted by Crippen LogP contribution is 2.15. The maximum atomic E-state index is 12.1. The fourth-order valence-electron chi connectivity index (χ4n) is 2.17. The topological polar surface area (TPSA) is 54.3 Å². The van der Waals surface area contributed by atoms with Crippen molar-refractivity contribution in [1.29, 1.82) is 0 Å². The van der Waals surface area contributed by atoms with Crippen molar-refractivity contribution in [2.75, 3.05) is 27.2 Å². The summed E-state index contributed by atoms with van der Waals surface area (Å²) in [4.78, 5) is 16.2. The molecule has 0 aromatic carbocycles. The van der Waals surface area contributed by atoms with Gasteiger partial charge in [-0.15, -0.1) is 5.10 Å². The first kappa shape index (κ1) is 12.0. The van der Waals surface area contributed by atoms with Crippen LogP contribution in [0.15, 0.2) is 6.20 Å². The molecule has 1 fully saturated rings. The van der Waals surface area contributed by atoms with Gasteiger partial charge in [0, 0.05) is 20.1 Å². The number of nitrogens with zero attached hydrogens (tertiary/aromatic N) is 5. The number of amides is 1. The van der Waals surface area contributed by atoms with Gasteiger partial charge >= 0.3 is 0 Å². The Kier molecular flexibility index (Phi) is 3.42. The Balaban J connectivity index is 2.00. The van der Waals surface area contributed by atoms with Crippen LogP contribution in [0.4, 0.5) is 0 Å². The summed E-state index contributed by atoms with van der Waals surface area (Å²) in [6.07, 6.45) is 3.71. The van der Waals surface area contributed by atoms with Crippen LogP contribution in [-0.2, 0) is 7.05 Å². The van der Waals surface area contributed by atoms with Gasteiger partial charge in [-0.1, -0.05) is 5.21 Å². The molecule has 0 saturated carbocycles. The third-order valence-electron chi connectivity index (χ3n) is 3.38. The molecule has 0 N–H and O–H groups in total. The number of aryl methyl sites for hydroxylation is 1. The fourth-order valence-corrected chi connectivity index (χ4v) is 2.17. The fraction of sp³-hybridized carbons (Fsp3) is 0.727. The molecule has 6 nitrogen and oxygen atoms in total. The molecule has 0 aliphatic carbocycles. The first-order chi connectivity index (χ1) is 8.08. The molecule has 1 aliphatic rings. The smallest absolute Gasteiger partial charge is 0.276 e. The van der Waals surface area contributed by atoms with Crippen LogP contribution in [0, 0.1) is 0 Å². The zero-order chi connectivity index (χ0) is 12.4. The van der Waals surface area contributed by atoms with E-state index in [-0.39, 0.29) is 5.91 Å². The number of carbonyl (C=O) groups excluding carboxylic acids is 1. The van der Waals surface area contributed by atoms with E-state index in [2.05, 4.69) is 22.3 Å². The normalized spacial score (nSPS) is 18.3. The Bertz CT molecular complexity index is 394. The van der Waals surface area contributed by atoms with Crippen molar-refractivity contribution in [2.24, 2.45) is 7.05 Å². The second kappa shape index (κ2) is 4.83. The third-order valence-corrected chi connectivity index (χ3v) is 3.38. The van der Waals surface area contributed by atoms with E-state index >= 15 is 0 Å². The van der Waals surface area contributed by atoms with Gasteiger partial charge in [0.2, 0.25) is 0 Å². The lowest BCUT2D eigenvalue weighted by Gasteiger charge is -2.34. The summed E-state index contributed by atoms with van der Waals surface area (Å²) in [6, 6.07) is 0.320. The standard InChI is InChI=1S/C11H19N5O/c1-14-6-4-9(5-7-14)16(3)11(17)10-8-15(2)13-12-10/h8-9H,4-7H2,1-3H3. The molecule has 1 saturated heterocycles. The van der Waals surface area contributed by atoms with Gasteiger partial charge in [-0.2, -0.15) is 0 Å². The van der Waals surface area contributed by atoms with E-state index in [0.717, 1.165) is 25.9 Å². The highest BCUT2D eigenvalue weighted by Gasteiger charge is 2.25. The van der Waals surface area contributed by atoms with Crippen LogP contribution >= 0.6 is 0 Å². The lowest BCUT2D eigenvalue weighted by molar-refractivity contribution is 0.0653. The van der Waals surface area contributed by atoms with Crippen molar-refractivity contribution in [1.82, 2.24) is 24.8 Å². The molecule has 1 aliphatic heterocycles. The van der Waals surface area contributed by atoms with Gasteiger partial charge in [0.25, 0.3) is 5.91 Å². The average Bonchev–Trinajstić information content (AvgIpc) is 2.75. The number of hydrogen-bond donors (Lipinski definition) is 0. The maximum Gasteiger partial charge on any atom is 0.276 e. The molecule has 1 aromatic rings. The minimum absolute atomic E-state index is 0.0346. The third kappa shape index (κ3) is 2.63. The molecule has 6 heteroatoms. The van der Waals surface area contributed by atoms with Gasteiger partial charge in [0.1, 0.15) is 0 Å². The van der Waals surface area contributed by atoms with Gasteiger partial charge in [-0.3, -0.25) is 9.48 Å². The molecular weight excluding hydrogens is 218 g/mol. The van der Waals surface area contributed by atoms with Gasteiger partial charge in [-0.25, -0.2) is 0 Å². The van der Waals surface area contributed by atoms with Crippen molar-refractivity contribution in [3.63, 3.8) is 0 Å². The summed E-state index contributed by atoms with van der Waals surface area (Å²) in [5, 5.41) is 7.65. The van der Waals surface area contributed by atoms with Crippen LogP contribution in [0.1, 0.15) is 23.3 Å². The second-order valence-corrected chi connectivity index (χ2v) is 4.73. The van der Waals surface area contributed by atoms with Crippen molar-refractivity contribution in [2.45, 2.75) is 18.9 Å². The average molecular weight is 237 g/mol. The number of aromatic nitrogens is 3. The highest BCUT2D eigenvalue weighted by atomic mass is 16.2. The molecule has 1 aromatic heterocycles. The van der Waals surface area contributed by atoms with Crippen molar-refractivity contribution in [3.05, 3.63) is 11.9 Å². The molecule has 0 radical (unpaired) electrons. The molecule has 1 amide bonds. The number of likely N-dealkylation sites (tertiary alicyclic amines) is 1. The SMILES string of the molecule is CN1CCC(N(C)C(=O)c2cn(C)nn2)CC1. The zero-order valence-electron chi connectivity index (χ0n) is 10.6. The first-order valence-electron chi connectivity index (χ1n) is 5.90. The quantitative estimate of drug-likeness (QED) is 0.725.